The van der Waals surface area contributed by atoms with Gasteiger partial charge in [0.2, 0.25) is 5.91 Å². The summed E-state index contributed by atoms with van der Waals surface area (Å²) in [6.07, 6.45) is 4.82. The van der Waals surface area contributed by atoms with E-state index in [0.29, 0.717) is 5.02 Å². The Hall–Kier alpha value is -1.96. The van der Waals surface area contributed by atoms with E-state index in [2.05, 4.69) is 22.0 Å². The Balaban J connectivity index is 1.44. The van der Waals surface area contributed by atoms with Crippen LogP contribution in [0.2, 0.25) is 5.02 Å². The Labute approximate surface area is 190 Å². The number of rotatable bonds is 5. The number of nitrogens with one attached hydrogen (secondary N) is 2. The van der Waals surface area contributed by atoms with Gasteiger partial charge in [-0.3, -0.25) is 4.79 Å². The first-order chi connectivity index (χ1) is 14.9. The van der Waals surface area contributed by atoms with E-state index in [1.165, 1.54) is 24.1 Å². The fourth-order valence-electron chi connectivity index (χ4n) is 4.61. The first kappa shape index (κ1) is 20.9. The molecular weight excluding hydrogens is 437 g/mol. The van der Waals surface area contributed by atoms with Crippen molar-refractivity contribution >= 4 is 40.8 Å². The van der Waals surface area contributed by atoms with E-state index in [4.69, 9.17) is 16.3 Å². The first-order valence-corrected chi connectivity index (χ1v) is 11.9. The second-order valence-corrected chi connectivity index (χ2v) is 9.94. The van der Waals surface area contributed by atoms with Gasteiger partial charge in [-0.15, -0.1) is 0 Å². The third kappa shape index (κ3) is 3.88. The highest BCUT2D eigenvalue weighted by atomic mass is 35.5. The second kappa shape index (κ2) is 8.19. The van der Waals surface area contributed by atoms with Crippen LogP contribution in [-0.4, -0.2) is 37.0 Å². The summed E-state index contributed by atoms with van der Waals surface area (Å²) in [5, 5.41) is 3.46. The van der Waals surface area contributed by atoms with Crippen LogP contribution in [0.4, 0.5) is 15.8 Å². The van der Waals surface area contributed by atoms with Gasteiger partial charge in [0.15, 0.2) is 0 Å². The van der Waals surface area contributed by atoms with Crippen molar-refractivity contribution in [3.63, 3.8) is 0 Å². The van der Waals surface area contributed by atoms with Gasteiger partial charge in [-0.1, -0.05) is 18.0 Å². The molecule has 31 heavy (non-hydrogen) atoms. The molecule has 1 aliphatic carbocycles. The van der Waals surface area contributed by atoms with Crippen molar-refractivity contribution in [1.29, 1.82) is 0 Å². The third-order valence-corrected chi connectivity index (χ3v) is 7.97. The van der Waals surface area contributed by atoms with E-state index < -0.39 is 5.41 Å². The molecule has 164 valence electrons. The zero-order chi connectivity index (χ0) is 21.6. The van der Waals surface area contributed by atoms with E-state index in [1.807, 2.05) is 12.1 Å². The minimum atomic E-state index is -0.434. The standard InChI is InChI=1S/C23H25ClFN3O2S/c1-28-9-5-16(6-10-28)30-19-13-15(27-31-20-4-3-14(25)11-18(20)24)12-17-21(19)26-22(29)23(17)7-2-8-23/h3-4,11-13,16,27H,2,5-10H2,1H3,(H,26,29). The molecule has 2 aromatic rings. The number of likely N-dealkylation sites (tertiary alicyclic amines) is 1. The Morgan fingerprint density at radius 1 is 1.26 bits per heavy atom. The van der Waals surface area contributed by atoms with Crippen LogP contribution in [0.5, 0.6) is 5.75 Å². The van der Waals surface area contributed by atoms with E-state index in [1.54, 1.807) is 6.07 Å². The summed E-state index contributed by atoms with van der Waals surface area (Å²) in [5.74, 6) is 0.433. The van der Waals surface area contributed by atoms with Gasteiger partial charge in [-0.25, -0.2) is 4.39 Å². The summed E-state index contributed by atoms with van der Waals surface area (Å²) >= 11 is 7.49. The predicted octanol–water partition coefficient (Wildman–Crippen LogP) is 5.45. The molecule has 0 aromatic heterocycles. The van der Waals surface area contributed by atoms with Crippen molar-refractivity contribution in [2.24, 2.45) is 0 Å². The summed E-state index contributed by atoms with van der Waals surface area (Å²) in [6, 6.07) is 8.32. The molecule has 1 amide bonds. The Morgan fingerprint density at radius 2 is 2.03 bits per heavy atom. The fraction of sp³-hybridized carbons (Fsp3) is 0.435. The smallest absolute Gasteiger partial charge is 0.235 e. The summed E-state index contributed by atoms with van der Waals surface area (Å²) in [4.78, 5) is 15.9. The molecule has 2 N–H and O–H groups in total. The summed E-state index contributed by atoms with van der Waals surface area (Å²) in [5.41, 5.74) is 2.24. The number of anilines is 2. The normalized spacial score (nSPS) is 20.3. The maximum atomic E-state index is 13.4. The largest absolute Gasteiger partial charge is 0.488 e. The quantitative estimate of drug-likeness (QED) is 0.580. The molecule has 0 radical (unpaired) electrons. The molecule has 3 aliphatic rings. The zero-order valence-corrected chi connectivity index (χ0v) is 18.9. The number of nitrogens with zero attached hydrogens (tertiary/aromatic N) is 1. The highest BCUT2D eigenvalue weighted by Crippen LogP contribution is 2.54. The molecule has 2 heterocycles. The molecule has 2 aromatic carbocycles. The van der Waals surface area contributed by atoms with Gasteiger partial charge in [-0.2, -0.15) is 0 Å². The number of benzene rings is 2. The van der Waals surface area contributed by atoms with Crippen LogP contribution < -0.4 is 14.8 Å². The summed E-state index contributed by atoms with van der Waals surface area (Å²) in [7, 11) is 2.12. The van der Waals surface area contributed by atoms with Crippen molar-refractivity contribution in [3.05, 3.63) is 46.7 Å². The number of hydrogen-bond acceptors (Lipinski definition) is 5. The first-order valence-electron chi connectivity index (χ1n) is 10.7. The molecule has 5 nitrogen and oxygen atoms in total. The topological polar surface area (TPSA) is 53.6 Å². The van der Waals surface area contributed by atoms with E-state index in [0.717, 1.165) is 72.8 Å². The van der Waals surface area contributed by atoms with Gasteiger partial charge in [0.25, 0.3) is 0 Å². The minimum Gasteiger partial charge on any atom is -0.488 e. The van der Waals surface area contributed by atoms with Gasteiger partial charge in [-0.05, 0) is 74.5 Å². The molecule has 2 fully saturated rings. The Bertz CT molecular complexity index is 1020. The van der Waals surface area contributed by atoms with Crippen molar-refractivity contribution < 1.29 is 13.9 Å². The third-order valence-electron chi connectivity index (χ3n) is 6.63. The molecule has 0 atom stereocenters. The maximum Gasteiger partial charge on any atom is 0.235 e. The van der Waals surface area contributed by atoms with Crippen LogP contribution in [0.15, 0.2) is 35.2 Å². The molecular formula is C23H25ClFN3O2S. The number of fused-ring (bicyclic) bond motifs is 2. The Kier molecular flexibility index (Phi) is 5.52. The zero-order valence-electron chi connectivity index (χ0n) is 17.3. The predicted molar refractivity (Wildman–Crippen MR) is 123 cm³/mol. The van der Waals surface area contributed by atoms with Crippen molar-refractivity contribution in [2.45, 2.75) is 48.5 Å². The van der Waals surface area contributed by atoms with Crippen LogP contribution in [0, 0.1) is 5.82 Å². The van der Waals surface area contributed by atoms with Gasteiger partial charge < -0.3 is 19.7 Å². The molecule has 1 spiro atoms. The Morgan fingerprint density at radius 3 is 2.71 bits per heavy atom. The maximum absolute atomic E-state index is 13.4. The van der Waals surface area contributed by atoms with Crippen LogP contribution in [0.1, 0.15) is 37.7 Å². The lowest BCUT2D eigenvalue weighted by Gasteiger charge is -2.36. The molecule has 0 bridgehead atoms. The molecule has 1 saturated heterocycles. The number of halogens is 2. The van der Waals surface area contributed by atoms with Crippen molar-refractivity contribution in [2.75, 3.05) is 30.2 Å². The van der Waals surface area contributed by atoms with Gasteiger partial charge in [0.05, 0.1) is 16.1 Å². The monoisotopic (exact) mass is 461 g/mol. The molecule has 2 aliphatic heterocycles. The van der Waals surface area contributed by atoms with Crippen LogP contribution in [-0.2, 0) is 10.2 Å². The molecule has 1 saturated carbocycles. The van der Waals surface area contributed by atoms with Gasteiger partial charge >= 0.3 is 0 Å². The number of piperidine rings is 1. The number of carbonyl (C=O) groups is 1. The molecule has 8 heteroatoms. The van der Waals surface area contributed by atoms with Crippen LogP contribution in [0.3, 0.4) is 0 Å². The van der Waals surface area contributed by atoms with Crippen LogP contribution >= 0.6 is 23.5 Å². The molecule has 0 unspecified atom stereocenters. The highest BCUT2D eigenvalue weighted by Gasteiger charge is 2.52. The number of amides is 1. The number of hydrogen-bond donors (Lipinski definition) is 2. The number of ether oxygens (including phenoxy) is 1. The van der Waals surface area contributed by atoms with E-state index in [-0.39, 0.29) is 17.8 Å². The summed E-state index contributed by atoms with van der Waals surface area (Å²) < 4.78 is 23.1. The van der Waals surface area contributed by atoms with E-state index in [9.17, 15) is 9.18 Å². The van der Waals surface area contributed by atoms with Crippen molar-refractivity contribution in [1.82, 2.24) is 4.90 Å². The van der Waals surface area contributed by atoms with E-state index >= 15 is 0 Å². The second-order valence-electron chi connectivity index (χ2n) is 8.69. The summed E-state index contributed by atoms with van der Waals surface area (Å²) in [6.45, 7) is 2.00. The van der Waals surface area contributed by atoms with Crippen molar-refractivity contribution in [3.8, 4) is 5.75 Å². The average Bonchev–Trinajstić information content (AvgIpc) is 3.01. The lowest BCUT2D eigenvalue weighted by Crippen LogP contribution is -2.40. The van der Waals surface area contributed by atoms with Gasteiger partial charge in [0, 0.05) is 29.7 Å². The SMILES string of the molecule is CN1CCC(Oc2cc(NSc3ccc(F)cc3Cl)cc3c2NC(=O)C32CCC2)CC1. The highest BCUT2D eigenvalue weighted by molar-refractivity contribution is 8.00. The number of carbonyl (C=O) groups excluding carboxylic acids is 1. The van der Waals surface area contributed by atoms with Gasteiger partial charge in [0.1, 0.15) is 17.7 Å². The lowest BCUT2D eigenvalue weighted by molar-refractivity contribution is -0.123. The fourth-order valence-corrected chi connectivity index (χ4v) is 5.53. The lowest BCUT2D eigenvalue weighted by atomic mass is 9.65. The van der Waals surface area contributed by atoms with Crippen LogP contribution in [0.25, 0.3) is 0 Å². The average molecular weight is 462 g/mol. The minimum absolute atomic E-state index is 0.0772. The molecule has 5 rings (SSSR count).